The Morgan fingerprint density at radius 2 is 2.00 bits per heavy atom. The van der Waals surface area contributed by atoms with Gasteiger partial charge in [0.05, 0.1) is 26.9 Å². The second-order valence-corrected chi connectivity index (χ2v) is 7.88. The van der Waals surface area contributed by atoms with Crippen LogP contribution in [0.15, 0.2) is 18.2 Å². The third-order valence-corrected chi connectivity index (χ3v) is 5.30. The van der Waals surface area contributed by atoms with Gasteiger partial charge in [0.1, 0.15) is 0 Å². The van der Waals surface area contributed by atoms with Gasteiger partial charge in [0.2, 0.25) is 15.9 Å². The number of hydrogen-bond acceptors (Lipinski definition) is 5. The lowest BCUT2D eigenvalue weighted by molar-refractivity contribution is -0.121. The second kappa shape index (κ2) is 7.85. The molecule has 0 aliphatic carbocycles. The Hall–Kier alpha value is -1.80. The SMILES string of the molecule is COc1ccc(CC(=O)NC2CCCN(S(C)(=O)=O)C2)cc1OC. The molecule has 8 heteroatoms. The molecule has 2 rings (SSSR count). The van der Waals surface area contributed by atoms with Crippen LogP contribution in [0.4, 0.5) is 0 Å². The Kier molecular flexibility index (Phi) is 6.06. The van der Waals surface area contributed by atoms with E-state index in [1.54, 1.807) is 26.4 Å². The van der Waals surface area contributed by atoms with Crippen LogP contribution in [0, 0.1) is 0 Å². The summed E-state index contributed by atoms with van der Waals surface area (Å²) in [6.45, 7) is 0.845. The van der Waals surface area contributed by atoms with Crippen molar-refractivity contribution in [3.63, 3.8) is 0 Å². The van der Waals surface area contributed by atoms with Gasteiger partial charge in [-0.05, 0) is 30.5 Å². The number of carbonyl (C=O) groups excluding carboxylic acids is 1. The molecular weight excluding hydrogens is 332 g/mol. The second-order valence-electron chi connectivity index (χ2n) is 5.89. The number of piperidine rings is 1. The Morgan fingerprint density at radius 3 is 2.62 bits per heavy atom. The maximum absolute atomic E-state index is 12.2. The zero-order valence-corrected chi connectivity index (χ0v) is 15.1. The summed E-state index contributed by atoms with van der Waals surface area (Å²) in [6.07, 6.45) is 2.93. The van der Waals surface area contributed by atoms with E-state index >= 15 is 0 Å². The summed E-state index contributed by atoms with van der Waals surface area (Å²) in [5.41, 5.74) is 0.806. The first kappa shape index (κ1) is 18.5. The first-order valence-electron chi connectivity index (χ1n) is 7.79. The van der Waals surface area contributed by atoms with Crippen LogP contribution in [0.5, 0.6) is 11.5 Å². The summed E-state index contributed by atoms with van der Waals surface area (Å²) in [6, 6.07) is 5.18. The van der Waals surface area contributed by atoms with E-state index in [9.17, 15) is 13.2 Å². The summed E-state index contributed by atoms with van der Waals surface area (Å²) < 4.78 is 35.1. The highest BCUT2D eigenvalue weighted by Gasteiger charge is 2.26. The maximum atomic E-state index is 12.2. The van der Waals surface area contributed by atoms with Crippen molar-refractivity contribution in [2.45, 2.75) is 25.3 Å². The molecule has 1 fully saturated rings. The van der Waals surface area contributed by atoms with Crippen molar-refractivity contribution in [2.75, 3.05) is 33.6 Å². The predicted molar refractivity (Wildman–Crippen MR) is 90.8 cm³/mol. The smallest absolute Gasteiger partial charge is 0.224 e. The molecule has 1 aliphatic heterocycles. The summed E-state index contributed by atoms with van der Waals surface area (Å²) in [7, 11) is -0.117. The number of rotatable bonds is 6. The van der Waals surface area contributed by atoms with Crippen LogP contribution >= 0.6 is 0 Å². The van der Waals surface area contributed by atoms with E-state index < -0.39 is 10.0 Å². The van der Waals surface area contributed by atoms with Crippen LogP contribution in [0.3, 0.4) is 0 Å². The monoisotopic (exact) mass is 356 g/mol. The van der Waals surface area contributed by atoms with E-state index in [2.05, 4.69) is 5.32 Å². The Morgan fingerprint density at radius 1 is 1.29 bits per heavy atom. The molecular formula is C16H24N2O5S. The predicted octanol–water partition coefficient (Wildman–Crippen LogP) is 0.787. The van der Waals surface area contributed by atoms with Crippen LogP contribution in [0.25, 0.3) is 0 Å². The van der Waals surface area contributed by atoms with E-state index in [1.165, 1.54) is 10.6 Å². The van der Waals surface area contributed by atoms with Gasteiger partial charge in [-0.2, -0.15) is 0 Å². The van der Waals surface area contributed by atoms with Gasteiger partial charge in [-0.15, -0.1) is 0 Å². The summed E-state index contributed by atoms with van der Waals surface area (Å²) in [5.74, 6) is 1.05. The van der Waals surface area contributed by atoms with E-state index in [0.29, 0.717) is 24.6 Å². The quantitative estimate of drug-likeness (QED) is 0.814. The number of sulfonamides is 1. The molecule has 1 N–H and O–H groups in total. The van der Waals surface area contributed by atoms with Gasteiger partial charge < -0.3 is 14.8 Å². The van der Waals surface area contributed by atoms with Gasteiger partial charge in [0, 0.05) is 19.1 Å². The zero-order valence-electron chi connectivity index (χ0n) is 14.2. The van der Waals surface area contributed by atoms with Crippen LogP contribution in [0.2, 0.25) is 0 Å². The number of ether oxygens (including phenoxy) is 2. The fourth-order valence-electron chi connectivity index (χ4n) is 2.82. The molecule has 0 radical (unpaired) electrons. The minimum Gasteiger partial charge on any atom is -0.493 e. The highest BCUT2D eigenvalue weighted by molar-refractivity contribution is 7.88. The average molecular weight is 356 g/mol. The van der Waals surface area contributed by atoms with Crippen LogP contribution < -0.4 is 14.8 Å². The minimum absolute atomic E-state index is 0.137. The van der Waals surface area contributed by atoms with Gasteiger partial charge in [-0.1, -0.05) is 6.07 Å². The summed E-state index contributed by atoms with van der Waals surface area (Å²) >= 11 is 0. The maximum Gasteiger partial charge on any atom is 0.224 e. The fourth-order valence-corrected chi connectivity index (χ4v) is 3.73. The molecule has 1 unspecified atom stereocenters. The largest absolute Gasteiger partial charge is 0.493 e. The molecule has 1 aliphatic rings. The molecule has 1 saturated heterocycles. The van der Waals surface area contributed by atoms with Crippen molar-refractivity contribution in [3.05, 3.63) is 23.8 Å². The lowest BCUT2D eigenvalue weighted by atomic mass is 10.1. The molecule has 1 atom stereocenters. The number of methoxy groups -OCH3 is 2. The highest BCUT2D eigenvalue weighted by Crippen LogP contribution is 2.27. The van der Waals surface area contributed by atoms with Gasteiger partial charge in [-0.25, -0.2) is 12.7 Å². The third kappa shape index (κ3) is 4.85. The van der Waals surface area contributed by atoms with Crippen molar-refractivity contribution in [3.8, 4) is 11.5 Å². The van der Waals surface area contributed by atoms with Crippen molar-refractivity contribution < 1.29 is 22.7 Å². The molecule has 24 heavy (non-hydrogen) atoms. The van der Waals surface area contributed by atoms with Crippen molar-refractivity contribution >= 4 is 15.9 Å². The van der Waals surface area contributed by atoms with Crippen molar-refractivity contribution in [2.24, 2.45) is 0 Å². The first-order chi connectivity index (χ1) is 11.3. The standard InChI is InChI=1S/C16H24N2O5S/c1-22-14-7-6-12(9-15(14)23-2)10-16(19)17-13-5-4-8-18(11-13)24(3,20)21/h6-7,9,13H,4-5,8,10-11H2,1-3H3,(H,17,19). The zero-order chi connectivity index (χ0) is 17.7. The number of amides is 1. The minimum atomic E-state index is -3.22. The van der Waals surface area contributed by atoms with Gasteiger partial charge in [0.15, 0.2) is 11.5 Å². The van der Waals surface area contributed by atoms with Crippen LogP contribution in [0.1, 0.15) is 18.4 Å². The van der Waals surface area contributed by atoms with E-state index in [-0.39, 0.29) is 18.4 Å². The third-order valence-electron chi connectivity index (χ3n) is 4.03. The van der Waals surface area contributed by atoms with E-state index in [4.69, 9.17) is 9.47 Å². The molecule has 1 heterocycles. The lowest BCUT2D eigenvalue weighted by Gasteiger charge is -2.31. The Bertz CT molecular complexity index is 690. The Labute approximate surface area is 143 Å². The number of hydrogen-bond donors (Lipinski definition) is 1. The molecule has 1 aromatic rings. The molecule has 0 saturated carbocycles. The number of benzene rings is 1. The Balaban J connectivity index is 1.96. The number of nitrogens with one attached hydrogen (secondary N) is 1. The number of carbonyl (C=O) groups is 1. The van der Waals surface area contributed by atoms with Gasteiger partial charge in [-0.3, -0.25) is 4.79 Å². The lowest BCUT2D eigenvalue weighted by Crippen LogP contribution is -2.49. The average Bonchev–Trinajstić information content (AvgIpc) is 2.54. The van der Waals surface area contributed by atoms with Gasteiger partial charge in [0.25, 0.3) is 0 Å². The van der Waals surface area contributed by atoms with E-state index in [1.807, 2.05) is 6.07 Å². The molecule has 1 aromatic carbocycles. The topological polar surface area (TPSA) is 84.9 Å². The molecule has 134 valence electrons. The molecule has 0 aromatic heterocycles. The fraction of sp³-hybridized carbons (Fsp3) is 0.562. The molecule has 0 bridgehead atoms. The molecule has 7 nitrogen and oxygen atoms in total. The van der Waals surface area contributed by atoms with Crippen LogP contribution in [-0.2, 0) is 21.2 Å². The number of nitrogens with zero attached hydrogens (tertiary/aromatic N) is 1. The molecule has 1 amide bonds. The van der Waals surface area contributed by atoms with E-state index in [0.717, 1.165) is 18.4 Å². The first-order valence-corrected chi connectivity index (χ1v) is 9.63. The van der Waals surface area contributed by atoms with Crippen LogP contribution in [-0.4, -0.2) is 58.2 Å². The summed E-state index contributed by atoms with van der Waals surface area (Å²) in [4.78, 5) is 12.2. The van der Waals surface area contributed by atoms with Crippen molar-refractivity contribution in [1.82, 2.24) is 9.62 Å². The normalized spacial score (nSPS) is 18.9. The van der Waals surface area contributed by atoms with Crippen molar-refractivity contribution in [1.29, 1.82) is 0 Å². The molecule has 0 spiro atoms. The highest BCUT2D eigenvalue weighted by atomic mass is 32.2. The summed E-state index contributed by atoms with van der Waals surface area (Å²) in [5, 5.41) is 2.92. The van der Waals surface area contributed by atoms with Gasteiger partial charge >= 0.3 is 0 Å².